The average molecular weight is 304 g/mol. The number of hydrogen-bond acceptors (Lipinski definition) is 2. The first kappa shape index (κ1) is 15.5. The lowest BCUT2D eigenvalue weighted by atomic mass is 10.1. The number of nitrogens with zero attached hydrogens (tertiary/aromatic N) is 1. The summed E-state index contributed by atoms with van der Waals surface area (Å²) < 4.78 is 13.5. The highest BCUT2D eigenvalue weighted by molar-refractivity contribution is 7.98. The van der Waals surface area contributed by atoms with Crippen LogP contribution in [0, 0.1) is 0 Å². The number of aromatic nitrogens is 1. The molecule has 0 aliphatic heterocycles. The lowest BCUT2D eigenvalue weighted by molar-refractivity contribution is 0.101. The molecule has 1 atom stereocenters. The first-order chi connectivity index (χ1) is 9.81. The minimum atomic E-state index is -2.48. The van der Waals surface area contributed by atoms with E-state index in [1.165, 1.54) is 0 Å². The molecular formula is C16H20N2O2S. The van der Waals surface area contributed by atoms with Crippen molar-refractivity contribution in [3.63, 3.8) is 0 Å². The molecule has 5 heteroatoms. The molecule has 112 valence electrons. The summed E-state index contributed by atoms with van der Waals surface area (Å²) in [7, 11) is -2.48. The van der Waals surface area contributed by atoms with Gasteiger partial charge in [-0.05, 0) is 30.8 Å². The number of carbonyl (C=O) groups excluding carboxylic acids is 1. The Morgan fingerprint density at radius 1 is 1.48 bits per heavy atom. The van der Waals surface area contributed by atoms with Gasteiger partial charge >= 0.3 is 0 Å². The van der Waals surface area contributed by atoms with Gasteiger partial charge in [-0.25, -0.2) is 0 Å². The maximum Gasteiger partial charge on any atom is 0.161 e. The first-order valence-corrected chi connectivity index (χ1v) is 8.64. The molecule has 0 spiro atoms. The molecular weight excluding hydrogens is 284 g/mol. The normalized spacial score (nSPS) is 14.0. The van der Waals surface area contributed by atoms with Crippen LogP contribution in [0.1, 0.15) is 22.8 Å². The third kappa shape index (κ3) is 3.62. The Bertz CT molecular complexity index is 801. The van der Waals surface area contributed by atoms with Crippen molar-refractivity contribution in [2.75, 3.05) is 5.75 Å². The SMILES string of the molecule is C=CCn1cc(C(C)=O)c2ccc(CCS(=C)(N)=O)cc21. The molecule has 1 heterocycles. The number of carbonyl (C=O) groups is 1. The summed E-state index contributed by atoms with van der Waals surface area (Å²) in [5.74, 6) is 3.85. The van der Waals surface area contributed by atoms with Crippen LogP contribution in [-0.2, 0) is 22.7 Å². The number of hydrogen-bond donors (Lipinski definition) is 1. The van der Waals surface area contributed by atoms with E-state index in [4.69, 9.17) is 5.14 Å². The van der Waals surface area contributed by atoms with E-state index in [-0.39, 0.29) is 5.78 Å². The third-order valence-corrected chi connectivity index (χ3v) is 4.28. The van der Waals surface area contributed by atoms with E-state index in [2.05, 4.69) is 12.4 Å². The van der Waals surface area contributed by atoms with Gasteiger partial charge in [0.15, 0.2) is 5.78 Å². The second-order valence-corrected chi connectivity index (χ2v) is 7.36. The van der Waals surface area contributed by atoms with Crippen molar-refractivity contribution < 1.29 is 9.00 Å². The Labute approximate surface area is 125 Å². The van der Waals surface area contributed by atoms with Crippen LogP contribution in [0.2, 0.25) is 0 Å². The van der Waals surface area contributed by atoms with Crippen molar-refractivity contribution >= 4 is 32.3 Å². The topological polar surface area (TPSA) is 65.1 Å². The number of fused-ring (bicyclic) bond motifs is 1. The van der Waals surface area contributed by atoms with Crippen molar-refractivity contribution in [2.45, 2.75) is 19.9 Å². The van der Waals surface area contributed by atoms with E-state index >= 15 is 0 Å². The summed E-state index contributed by atoms with van der Waals surface area (Å²) in [6, 6.07) is 5.89. The maximum atomic E-state index is 11.7. The molecule has 0 aliphatic carbocycles. The minimum absolute atomic E-state index is 0.0401. The Kier molecular flexibility index (Phi) is 4.34. The Morgan fingerprint density at radius 2 is 2.19 bits per heavy atom. The zero-order valence-electron chi connectivity index (χ0n) is 12.2. The van der Waals surface area contributed by atoms with Crippen LogP contribution < -0.4 is 5.14 Å². The largest absolute Gasteiger partial charge is 0.343 e. The number of allylic oxidation sites excluding steroid dienone is 1. The number of rotatable bonds is 6. The molecule has 1 aromatic carbocycles. The standard InChI is InChI=1S/C16H20N2O2S/c1-4-8-18-11-15(12(2)19)14-6-5-13(10-16(14)18)7-9-21(3,17)20/h4-6,10-11H,1,3,7-9H2,2H3,(H2,17,20). The number of benzene rings is 1. The van der Waals surface area contributed by atoms with Crippen LogP contribution in [0.3, 0.4) is 0 Å². The van der Waals surface area contributed by atoms with Crippen molar-refractivity contribution in [3.8, 4) is 0 Å². The van der Waals surface area contributed by atoms with Crippen molar-refractivity contribution in [1.29, 1.82) is 0 Å². The first-order valence-electron chi connectivity index (χ1n) is 6.68. The van der Waals surface area contributed by atoms with Crippen LogP contribution in [0.15, 0.2) is 37.1 Å². The van der Waals surface area contributed by atoms with Crippen LogP contribution in [-0.4, -0.2) is 26.2 Å². The third-order valence-electron chi connectivity index (χ3n) is 3.39. The fourth-order valence-corrected chi connectivity index (χ4v) is 2.94. The zero-order valence-corrected chi connectivity index (χ0v) is 13.0. The van der Waals surface area contributed by atoms with E-state index in [1.54, 1.807) is 13.0 Å². The van der Waals surface area contributed by atoms with Gasteiger partial charge in [0, 0.05) is 44.7 Å². The quantitative estimate of drug-likeness (QED) is 0.505. The van der Waals surface area contributed by atoms with Crippen LogP contribution in [0.25, 0.3) is 10.9 Å². The van der Waals surface area contributed by atoms with E-state index in [0.717, 1.165) is 16.5 Å². The Balaban J connectivity index is 2.47. The second kappa shape index (κ2) is 5.87. The molecule has 0 saturated heterocycles. The van der Waals surface area contributed by atoms with Gasteiger partial charge in [-0.1, -0.05) is 18.2 Å². The molecule has 21 heavy (non-hydrogen) atoms. The van der Waals surface area contributed by atoms with Gasteiger partial charge in [-0.3, -0.25) is 14.1 Å². The fraction of sp³-hybridized carbons (Fsp3) is 0.250. The predicted molar refractivity (Wildman–Crippen MR) is 90.2 cm³/mol. The Morgan fingerprint density at radius 3 is 2.76 bits per heavy atom. The van der Waals surface area contributed by atoms with Crippen LogP contribution in [0.5, 0.6) is 0 Å². The van der Waals surface area contributed by atoms with E-state index < -0.39 is 9.71 Å². The number of ketones is 1. The summed E-state index contributed by atoms with van der Waals surface area (Å²) >= 11 is 0. The molecule has 0 aliphatic rings. The van der Waals surface area contributed by atoms with Crippen molar-refractivity contribution in [1.82, 2.24) is 4.57 Å². The minimum Gasteiger partial charge on any atom is -0.343 e. The monoisotopic (exact) mass is 304 g/mol. The number of aryl methyl sites for hydroxylation is 1. The molecule has 2 N–H and O–H groups in total. The molecule has 0 saturated carbocycles. The summed E-state index contributed by atoms with van der Waals surface area (Å²) in [6.45, 7) is 5.94. The smallest absolute Gasteiger partial charge is 0.161 e. The molecule has 4 nitrogen and oxygen atoms in total. The molecule has 0 amide bonds. The second-order valence-electron chi connectivity index (χ2n) is 5.22. The van der Waals surface area contributed by atoms with Gasteiger partial charge in [-0.15, -0.1) is 6.58 Å². The summed E-state index contributed by atoms with van der Waals surface area (Å²) in [6.07, 6.45) is 4.24. The lowest BCUT2D eigenvalue weighted by Crippen LogP contribution is -2.17. The van der Waals surface area contributed by atoms with Crippen molar-refractivity contribution in [3.05, 3.63) is 48.2 Å². The van der Waals surface area contributed by atoms with Gasteiger partial charge in [0.05, 0.1) is 0 Å². The molecule has 1 aromatic heterocycles. The Hall–Kier alpha value is -1.85. The van der Waals surface area contributed by atoms with E-state index in [9.17, 15) is 9.00 Å². The van der Waals surface area contributed by atoms with Crippen LogP contribution in [0.4, 0.5) is 0 Å². The maximum absolute atomic E-state index is 11.7. The van der Waals surface area contributed by atoms with Crippen molar-refractivity contribution in [2.24, 2.45) is 5.14 Å². The van der Waals surface area contributed by atoms with Crippen LogP contribution >= 0.6 is 0 Å². The van der Waals surface area contributed by atoms with E-state index in [0.29, 0.717) is 24.3 Å². The highest BCUT2D eigenvalue weighted by atomic mass is 32.2. The van der Waals surface area contributed by atoms with Gasteiger partial charge in [-0.2, -0.15) is 0 Å². The fourth-order valence-electron chi connectivity index (χ4n) is 2.35. The molecule has 2 aromatic rings. The predicted octanol–water partition coefficient (Wildman–Crippen LogP) is 2.16. The number of nitrogens with two attached hydrogens (primary N) is 1. The van der Waals surface area contributed by atoms with Gasteiger partial charge < -0.3 is 4.57 Å². The van der Waals surface area contributed by atoms with E-state index in [1.807, 2.05) is 29.0 Å². The summed E-state index contributed by atoms with van der Waals surface area (Å²) in [5.41, 5.74) is 2.71. The molecule has 0 fully saturated rings. The highest BCUT2D eigenvalue weighted by Gasteiger charge is 2.12. The average Bonchev–Trinajstić information content (AvgIpc) is 2.75. The van der Waals surface area contributed by atoms with Gasteiger partial charge in [0.25, 0.3) is 0 Å². The summed E-state index contributed by atoms with van der Waals surface area (Å²) in [5, 5.41) is 6.40. The molecule has 2 rings (SSSR count). The van der Waals surface area contributed by atoms with Gasteiger partial charge in [0.1, 0.15) is 0 Å². The van der Waals surface area contributed by atoms with Gasteiger partial charge in [0.2, 0.25) is 0 Å². The highest BCUT2D eigenvalue weighted by Crippen LogP contribution is 2.24. The zero-order chi connectivity index (χ0) is 15.6. The summed E-state index contributed by atoms with van der Waals surface area (Å²) in [4.78, 5) is 11.7. The molecule has 1 unspecified atom stereocenters. The number of Topliss-reactive ketones (excluding diaryl/α,β-unsaturated/α-hetero) is 1. The molecule has 0 radical (unpaired) electrons. The lowest BCUT2D eigenvalue weighted by Gasteiger charge is -2.06. The molecule has 0 bridgehead atoms.